The smallest absolute Gasteiger partial charge is 0.155 e. The van der Waals surface area contributed by atoms with Gasteiger partial charge in [0.25, 0.3) is 0 Å². The lowest BCUT2D eigenvalue weighted by molar-refractivity contribution is 0.668. The van der Waals surface area contributed by atoms with E-state index in [0.717, 1.165) is 80.0 Å². The molecule has 2 aliphatic rings. The van der Waals surface area contributed by atoms with Gasteiger partial charge in [0.05, 0.1) is 11.0 Å². The van der Waals surface area contributed by atoms with Crippen LogP contribution in [0.4, 0.5) is 0 Å². The number of amidine groups is 2. The van der Waals surface area contributed by atoms with Crippen molar-refractivity contribution in [1.82, 2.24) is 9.88 Å². The van der Waals surface area contributed by atoms with Gasteiger partial charge in [0.15, 0.2) is 5.84 Å². The average molecular weight is 645 g/mol. The van der Waals surface area contributed by atoms with E-state index in [1.54, 1.807) is 0 Å². The minimum atomic E-state index is -0.219. The van der Waals surface area contributed by atoms with Crippen molar-refractivity contribution in [3.63, 3.8) is 0 Å². The van der Waals surface area contributed by atoms with Crippen LogP contribution < -0.4 is 5.32 Å². The van der Waals surface area contributed by atoms with Gasteiger partial charge in [0, 0.05) is 32.8 Å². The zero-order chi connectivity index (χ0) is 33.0. The summed E-state index contributed by atoms with van der Waals surface area (Å²) >= 11 is 0. The highest BCUT2D eigenvalue weighted by atomic mass is 16.3. The summed E-state index contributed by atoms with van der Waals surface area (Å²) in [7, 11) is 0. The van der Waals surface area contributed by atoms with Gasteiger partial charge in [-0.3, -0.25) is 0 Å². The Kier molecular flexibility index (Phi) is 6.62. The minimum absolute atomic E-state index is 0.219. The summed E-state index contributed by atoms with van der Waals surface area (Å²) in [6, 6.07) is 49.3. The van der Waals surface area contributed by atoms with Gasteiger partial charge >= 0.3 is 0 Å². The number of allylic oxidation sites excluding steroid dienone is 3. The molecule has 0 radical (unpaired) electrons. The molecule has 1 unspecified atom stereocenters. The Morgan fingerprint density at radius 2 is 1.36 bits per heavy atom. The predicted octanol–water partition coefficient (Wildman–Crippen LogP) is 11.1. The molecule has 0 saturated carbocycles. The maximum Gasteiger partial charge on any atom is 0.155 e. The first-order valence-corrected chi connectivity index (χ1v) is 17.2. The van der Waals surface area contributed by atoms with Crippen LogP contribution in [0.15, 0.2) is 178 Å². The third-order valence-corrected chi connectivity index (χ3v) is 9.92. The lowest BCUT2D eigenvalue weighted by Crippen LogP contribution is -2.33. The fourth-order valence-electron chi connectivity index (χ4n) is 7.45. The van der Waals surface area contributed by atoms with Crippen molar-refractivity contribution in [2.45, 2.75) is 19.0 Å². The summed E-state index contributed by atoms with van der Waals surface area (Å²) in [6.45, 7) is 0. The zero-order valence-electron chi connectivity index (χ0n) is 27.3. The number of benzene rings is 6. The Labute approximate surface area is 289 Å². The first-order valence-electron chi connectivity index (χ1n) is 17.2. The van der Waals surface area contributed by atoms with Crippen molar-refractivity contribution in [2.75, 3.05) is 0 Å². The molecule has 1 aliphatic carbocycles. The van der Waals surface area contributed by atoms with E-state index in [1.807, 2.05) is 6.07 Å². The second-order valence-electron chi connectivity index (χ2n) is 13.0. The van der Waals surface area contributed by atoms with E-state index in [4.69, 9.17) is 14.4 Å². The normalized spacial score (nSPS) is 16.1. The molecule has 5 nitrogen and oxygen atoms in total. The number of aliphatic imine (C=N–C) groups is 2. The number of nitrogens with one attached hydrogen (secondary N) is 1. The van der Waals surface area contributed by atoms with E-state index in [-0.39, 0.29) is 6.17 Å². The van der Waals surface area contributed by atoms with E-state index in [9.17, 15) is 0 Å². The molecule has 0 spiro atoms. The van der Waals surface area contributed by atoms with Crippen molar-refractivity contribution in [3.8, 4) is 16.8 Å². The van der Waals surface area contributed by atoms with Gasteiger partial charge in [-0.15, -0.1) is 0 Å². The molecule has 8 aromatic rings. The summed E-state index contributed by atoms with van der Waals surface area (Å²) in [5.41, 5.74) is 10.8. The fraction of sp³-hybridized carbons (Fsp3) is 0.0667. The number of nitrogens with zero attached hydrogens (tertiary/aromatic N) is 3. The van der Waals surface area contributed by atoms with Crippen LogP contribution in [0.25, 0.3) is 60.6 Å². The van der Waals surface area contributed by atoms with Gasteiger partial charge in [0.1, 0.15) is 23.2 Å². The molecule has 1 N–H and O–H groups in total. The molecular weight excluding hydrogens is 613 g/mol. The summed E-state index contributed by atoms with van der Waals surface area (Å²) in [4.78, 5) is 10.1. The van der Waals surface area contributed by atoms with Gasteiger partial charge in [-0.2, -0.15) is 0 Å². The number of hydrogen-bond donors (Lipinski definition) is 1. The van der Waals surface area contributed by atoms with Crippen molar-refractivity contribution in [2.24, 2.45) is 9.98 Å². The van der Waals surface area contributed by atoms with Crippen LogP contribution in [-0.2, 0) is 0 Å². The summed E-state index contributed by atoms with van der Waals surface area (Å²) in [6.07, 6.45) is 8.15. The Bertz CT molecular complexity index is 2730. The van der Waals surface area contributed by atoms with E-state index >= 15 is 0 Å². The van der Waals surface area contributed by atoms with E-state index < -0.39 is 0 Å². The molecule has 6 aromatic carbocycles. The molecule has 3 heterocycles. The van der Waals surface area contributed by atoms with Crippen molar-refractivity contribution < 1.29 is 4.42 Å². The molecule has 50 heavy (non-hydrogen) atoms. The van der Waals surface area contributed by atoms with Crippen LogP contribution in [0.2, 0.25) is 0 Å². The highest BCUT2D eigenvalue weighted by Crippen LogP contribution is 2.37. The summed E-state index contributed by atoms with van der Waals surface area (Å²) in [5.74, 6) is 1.61. The van der Waals surface area contributed by atoms with Crippen LogP contribution >= 0.6 is 0 Å². The molecule has 10 rings (SSSR count). The SMILES string of the molecule is C1=CCCC(C2=NC(c3ccccc3)NC(c3ccc4oc5cc(-c6ccc7c(c6)c6ccccc6n7-c6ccccc6)ccc5c4c3)=N2)=C1. The van der Waals surface area contributed by atoms with Crippen LogP contribution in [0.1, 0.15) is 30.1 Å². The molecule has 1 aliphatic heterocycles. The van der Waals surface area contributed by atoms with Gasteiger partial charge in [-0.25, -0.2) is 9.98 Å². The second kappa shape index (κ2) is 11.6. The Morgan fingerprint density at radius 1 is 0.620 bits per heavy atom. The maximum absolute atomic E-state index is 6.48. The quantitative estimate of drug-likeness (QED) is 0.203. The number of aromatic nitrogens is 1. The van der Waals surface area contributed by atoms with Crippen LogP contribution in [0.5, 0.6) is 0 Å². The van der Waals surface area contributed by atoms with Crippen LogP contribution in [0, 0.1) is 0 Å². The van der Waals surface area contributed by atoms with Gasteiger partial charge in [-0.1, -0.05) is 97.1 Å². The highest BCUT2D eigenvalue weighted by Gasteiger charge is 2.23. The molecule has 238 valence electrons. The molecule has 0 saturated heterocycles. The van der Waals surface area contributed by atoms with E-state index in [2.05, 4.69) is 162 Å². The fourth-order valence-corrected chi connectivity index (χ4v) is 7.45. The predicted molar refractivity (Wildman–Crippen MR) is 206 cm³/mol. The lowest BCUT2D eigenvalue weighted by Gasteiger charge is -2.24. The number of hydrogen-bond acceptors (Lipinski definition) is 4. The van der Waals surface area contributed by atoms with E-state index in [0.29, 0.717) is 0 Å². The van der Waals surface area contributed by atoms with Crippen LogP contribution in [0.3, 0.4) is 0 Å². The Hall–Kier alpha value is -6.46. The third-order valence-electron chi connectivity index (χ3n) is 9.92. The molecule has 0 amide bonds. The van der Waals surface area contributed by atoms with Crippen molar-refractivity contribution in [3.05, 3.63) is 174 Å². The van der Waals surface area contributed by atoms with Gasteiger partial charge in [-0.05, 0) is 95.8 Å². The standard InChI is InChI=1S/C45H32N4O/c1-4-12-29(13-5-1)43-46-44(30-14-6-2-7-15-30)48-45(47-43)33-22-25-41-38(27-33)36-23-20-32(28-42(36)50-41)31-21-24-40-37(26-31)35-18-10-11-19-39(35)49(40)34-16-8-3-9-17-34/h1-6,8-14,16-28,43H,7,15H2,(H,46,47,48). The number of rotatable bonds is 5. The summed E-state index contributed by atoms with van der Waals surface area (Å²) in [5, 5.41) is 8.23. The average Bonchev–Trinajstić information content (AvgIpc) is 3.73. The summed E-state index contributed by atoms with van der Waals surface area (Å²) < 4.78 is 8.83. The largest absolute Gasteiger partial charge is 0.456 e. The van der Waals surface area contributed by atoms with Gasteiger partial charge < -0.3 is 14.3 Å². The second-order valence-corrected chi connectivity index (χ2v) is 13.0. The first-order chi connectivity index (χ1) is 24.8. The highest BCUT2D eigenvalue weighted by molar-refractivity contribution is 6.16. The molecule has 1 atom stereocenters. The lowest BCUT2D eigenvalue weighted by atomic mass is 10.0. The van der Waals surface area contributed by atoms with Crippen molar-refractivity contribution in [1.29, 1.82) is 0 Å². The van der Waals surface area contributed by atoms with Gasteiger partial charge in [0.2, 0.25) is 0 Å². The topological polar surface area (TPSA) is 54.8 Å². The molecule has 0 fully saturated rings. The Morgan fingerprint density at radius 3 is 2.22 bits per heavy atom. The number of para-hydroxylation sites is 2. The molecule has 5 heteroatoms. The first kappa shape index (κ1) is 28.5. The Balaban J connectivity index is 1.04. The molecule has 0 bridgehead atoms. The molecular formula is C45H32N4O. The monoisotopic (exact) mass is 644 g/mol. The number of furan rings is 1. The van der Waals surface area contributed by atoms with Crippen molar-refractivity contribution >= 4 is 55.4 Å². The minimum Gasteiger partial charge on any atom is -0.456 e. The maximum atomic E-state index is 6.48. The molecule has 2 aromatic heterocycles. The third kappa shape index (κ3) is 4.78. The van der Waals surface area contributed by atoms with Crippen LogP contribution in [-0.4, -0.2) is 16.2 Å². The number of fused-ring (bicyclic) bond motifs is 6. The van der Waals surface area contributed by atoms with E-state index in [1.165, 1.54) is 21.8 Å². The zero-order valence-corrected chi connectivity index (χ0v) is 27.3.